The fraction of sp³-hybridized carbons (Fsp3) is 0.391. The Morgan fingerprint density at radius 3 is 2.48 bits per heavy atom. The molecule has 0 amide bonds. The molecule has 1 saturated carbocycles. The van der Waals surface area contributed by atoms with Crippen LogP contribution >= 0.6 is 11.6 Å². The van der Waals surface area contributed by atoms with E-state index in [4.69, 9.17) is 11.6 Å². The molecular formula is C23H27ClO. The number of aliphatic hydroxyl groups is 1. The van der Waals surface area contributed by atoms with Crippen molar-refractivity contribution in [2.24, 2.45) is 5.92 Å². The van der Waals surface area contributed by atoms with Crippen molar-refractivity contribution in [1.82, 2.24) is 0 Å². The van der Waals surface area contributed by atoms with Crippen molar-refractivity contribution in [3.05, 3.63) is 81.9 Å². The van der Waals surface area contributed by atoms with Crippen LogP contribution in [0.25, 0.3) is 0 Å². The van der Waals surface area contributed by atoms with E-state index in [1.807, 2.05) is 6.07 Å². The molecule has 3 rings (SSSR count). The Morgan fingerprint density at radius 2 is 1.80 bits per heavy atom. The Hall–Kier alpha value is -1.57. The van der Waals surface area contributed by atoms with Gasteiger partial charge < -0.3 is 5.11 Å². The lowest BCUT2D eigenvalue weighted by Crippen LogP contribution is -2.20. The lowest BCUT2D eigenvalue weighted by molar-refractivity contribution is 0.220. The first-order valence-corrected chi connectivity index (χ1v) is 9.65. The normalized spacial score (nSPS) is 20.7. The predicted molar refractivity (Wildman–Crippen MR) is 106 cm³/mol. The van der Waals surface area contributed by atoms with Gasteiger partial charge in [0.05, 0.1) is 0 Å². The zero-order valence-electron chi connectivity index (χ0n) is 15.0. The third-order valence-electron chi connectivity index (χ3n) is 5.54. The highest BCUT2D eigenvalue weighted by molar-refractivity contribution is 6.31. The van der Waals surface area contributed by atoms with Gasteiger partial charge in [0, 0.05) is 23.5 Å². The lowest BCUT2D eigenvalue weighted by Gasteiger charge is -2.31. The Bertz CT molecular complexity index is 732. The molecule has 1 fully saturated rings. The smallest absolute Gasteiger partial charge is 0.0496 e. The van der Waals surface area contributed by atoms with Gasteiger partial charge in [0.1, 0.15) is 0 Å². The summed E-state index contributed by atoms with van der Waals surface area (Å²) in [5.41, 5.74) is 6.27. The molecule has 2 atom stereocenters. The van der Waals surface area contributed by atoms with Crippen LogP contribution in [0.1, 0.15) is 54.4 Å². The van der Waals surface area contributed by atoms with Gasteiger partial charge in [-0.15, -0.1) is 0 Å². The highest BCUT2D eigenvalue weighted by atomic mass is 35.5. The highest BCUT2D eigenvalue weighted by Gasteiger charge is 2.26. The van der Waals surface area contributed by atoms with Gasteiger partial charge in [0.25, 0.3) is 0 Å². The summed E-state index contributed by atoms with van der Waals surface area (Å²) in [6.07, 6.45) is 5.22. The van der Waals surface area contributed by atoms with Crippen molar-refractivity contribution >= 4 is 11.6 Å². The molecule has 0 saturated heterocycles. The van der Waals surface area contributed by atoms with Crippen LogP contribution in [-0.2, 0) is 12.8 Å². The topological polar surface area (TPSA) is 20.2 Å². The largest absolute Gasteiger partial charge is 0.396 e. The second kappa shape index (κ2) is 8.21. The van der Waals surface area contributed by atoms with Gasteiger partial charge in [-0.25, -0.2) is 0 Å². The van der Waals surface area contributed by atoms with Gasteiger partial charge in [-0.2, -0.15) is 0 Å². The molecule has 1 nitrogen and oxygen atoms in total. The minimum Gasteiger partial charge on any atom is -0.396 e. The Kier molecular flexibility index (Phi) is 5.98. The molecular weight excluding hydrogens is 328 g/mol. The van der Waals surface area contributed by atoms with Crippen LogP contribution in [0.5, 0.6) is 0 Å². The number of aryl methyl sites for hydroxylation is 1. The fourth-order valence-corrected chi connectivity index (χ4v) is 4.06. The SMILES string of the molecule is C=C1C(CO)CCCC1c1ccc(Cl)c(Cc2ccc(CC)cc2)c1. The quantitative estimate of drug-likeness (QED) is 0.660. The molecule has 1 aliphatic carbocycles. The Balaban J connectivity index is 1.83. The Labute approximate surface area is 156 Å². The van der Waals surface area contributed by atoms with Gasteiger partial charge >= 0.3 is 0 Å². The lowest BCUT2D eigenvalue weighted by atomic mass is 9.74. The number of rotatable bonds is 5. The second-order valence-corrected chi connectivity index (χ2v) is 7.54. The van der Waals surface area contributed by atoms with Gasteiger partial charge in [0.15, 0.2) is 0 Å². The fourth-order valence-electron chi connectivity index (χ4n) is 3.87. The molecule has 2 heteroatoms. The minimum absolute atomic E-state index is 0.208. The molecule has 0 radical (unpaired) electrons. The van der Waals surface area contributed by atoms with E-state index in [1.54, 1.807) is 0 Å². The third-order valence-corrected chi connectivity index (χ3v) is 5.90. The van der Waals surface area contributed by atoms with Gasteiger partial charge in [0.2, 0.25) is 0 Å². The predicted octanol–water partition coefficient (Wildman–Crippen LogP) is 5.93. The summed E-state index contributed by atoms with van der Waals surface area (Å²) in [6.45, 7) is 6.67. The molecule has 2 unspecified atom stereocenters. The van der Waals surface area contributed by atoms with Crippen molar-refractivity contribution in [1.29, 1.82) is 0 Å². The molecule has 2 aromatic carbocycles. The number of halogens is 1. The molecule has 0 aliphatic heterocycles. The molecule has 25 heavy (non-hydrogen) atoms. The highest BCUT2D eigenvalue weighted by Crippen LogP contribution is 2.40. The molecule has 0 aromatic heterocycles. The van der Waals surface area contributed by atoms with Crippen molar-refractivity contribution in [2.75, 3.05) is 6.61 Å². The summed E-state index contributed by atoms with van der Waals surface area (Å²) in [5, 5.41) is 10.4. The van der Waals surface area contributed by atoms with Crippen LogP contribution in [0, 0.1) is 5.92 Å². The molecule has 0 bridgehead atoms. The van der Waals surface area contributed by atoms with E-state index in [1.165, 1.54) is 27.8 Å². The average Bonchev–Trinajstić information content (AvgIpc) is 2.64. The number of hydrogen-bond donors (Lipinski definition) is 1. The first-order chi connectivity index (χ1) is 12.1. The van der Waals surface area contributed by atoms with Gasteiger partial charge in [-0.05, 0) is 54.0 Å². The van der Waals surface area contributed by atoms with E-state index in [-0.39, 0.29) is 12.5 Å². The maximum absolute atomic E-state index is 9.58. The molecule has 0 spiro atoms. The Morgan fingerprint density at radius 1 is 1.08 bits per heavy atom. The van der Waals surface area contributed by atoms with Crippen LogP contribution in [0.4, 0.5) is 0 Å². The number of hydrogen-bond acceptors (Lipinski definition) is 1. The number of aliphatic hydroxyl groups excluding tert-OH is 1. The van der Waals surface area contributed by atoms with Crippen molar-refractivity contribution in [3.63, 3.8) is 0 Å². The maximum atomic E-state index is 9.58. The molecule has 1 aliphatic rings. The summed E-state index contributed by atoms with van der Waals surface area (Å²) in [5.74, 6) is 0.573. The van der Waals surface area contributed by atoms with Gasteiger partial charge in [-0.1, -0.05) is 73.5 Å². The van der Waals surface area contributed by atoms with Crippen LogP contribution < -0.4 is 0 Å². The molecule has 0 heterocycles. The van der Waals surface area contributed by atoms with Crippen LogP contribution in [-0.4, -0.2) is 11.7 Å². The summed E-state index contributed by atoms with van der Waals surface area (Å²) in [4.78, 5) is 0. The van der Waals surface area contributed by atoms with Crippen LogP contribution in [0.3, 0.4) is 0 Å². The van der Waals surface area contributed by atoms with Crippen LogP contribution in [0.15, 0.2) is 54.6 Å². The minimum atomic E-state index is 0.208. The summed E-state index contributed by atoms with van der Waals surface area (Å²) < 4.78 is 0. The molecule has 1 N–H and O–H groups in total. The zero-order chi connectivity index (χ0) is 17.8. The van der Waals surface area contributed by atoms with Crippen LogP contribution in [0.2, 0.25) is 5.02 Å². The summed E-state index contributed by atoms with van der Waals surface area (Å²) >= 11 is 6.47. The monoisotopic (exact) mass is 354 g/mol. The van der Waals surface area contributed by atoms with Gasteiger partial charge in [-0.3, -0.25) is 0 Å². The molecule has 132 valence electrons. The summed E-state index contributed by atoms with van der Waals surface area (Å²) in [6, 6.07) is 15.2. The average molecular weight is 355 g/mol. The van der Waals surface area contributed by atoms with Crippen molar-refractivity contribution in [2.45, 2.75) is 44.9 Å². The first kappa shape index (κ1) is 18.2. The van der Waals surface area contributed by atoms with Crippen molar-refractivity contribution < 1.29 is 5.11 Å². The summed E-state index contributed by atoms with van der Waals surface area (Å²) in [7, 11) is 0. The first-order valence-electron chi connectivity index (χ1n) is 9.28. The number of benzene rings is 2. The second-order valence-electron chi connectivity index (χ2n) is 7.14. The van der Waals surface area contributed by atoms with E-state index in [0.717, 1.165) is 37.1 Å². The van der Waals surface area contributed by atoms with E-state index >= 15 is 0 Å². The third kappa shape index (κ3) is 4.16. The molecule has 2 aromatic rings. The standard InChI is InChI=1S/C23H27ClO/c1-3-17-7-9-18(10-8-17)13-21-14-19(11-12-23(21)24)22-6-4-5-20(15-25)16(22)2/h7-12,14,20,22,25H,2-6,13,15H2,1H3. The maximum Gasteiger partial charge on any atom is 0.0496 e. The van der Waals surface area contributed by atoms with E-state index in [0.29, 0.717) is 5.92 Å². The van der Waals surface area contributed by atoms with E-state index in [9.17, 15) is 5.11 Å². The zero-order valence-corrected chi connectivity index (χ0v) is 15.7. The van der Waals surface area contributed by atoms with Crippen molar-refractivity contribution in [3.8, 4) is 0 Å². The van der Waals surface area contributed by atoms with E-state index < -0.39 is 0 Å². The van der Waals surface area contributed by atoms with E-state index in [2.05, 4.69) is 49.9 Å².